The number of pyridine rings is 1. The molecule has 0 atom stereocenters. The van der Waals surface area contributed by atoms with Crippen molar-refractivity contribution in [2.24, 2.45) is 0 Å². The van der Waals surface area contributed by atoms with Gasteiger partial charge in [-0.05, 0) is 24.3 Å². The first-order valence-electron chi connectivity index (χ1n) is 4.50. The minimum absolute atomic E-state index is 0.0851. The summed E-state index contributed by atoms with van der Waals surface area (Å²) in [5.41, 5.74) is -0.0851. The van der Waals surface area contributed by atoms with Gasteiger partial charge in [0.2, 0.25) is 5.95 Å². The molecule has 5 heteroatoms. The Balaban J connectivity index is 2.30. The molecule has 0 aliphatic carbocycles. The minimum atomic E-state index is -0.693. The van der Waals surface area contributed by atoms with Crippen LogP contribution in [0.1, 0.15) is 0 Å². The highest BCUT2D eigenvalue weighted by Gasteiger charge is 2.05. The Morgan fingerprint density at radius 1 is 1.00 bits per heavy atom. The van der Waals surface area contributed by atoms with E-state index in [1.54, 1.807) is 0 Å². The van der Waals surface area contributed by atoms with Gasteiger partial charge in [0.15, 0.2) is 0 Å². The molecule has 0 fully saturated rings. The molecule has 82 valence electrons. The van der Waals surface area contributed by atoms with Gasteiger partial charge in [-0.1, -0.05) is 6.07 Å². The molecule has 0 unspecified atom stereocenters. The Bertz CT molecular complexity index is 514. The predicted octanol–water partition coefficient (Wildman–Crippen LogP) is 3.24. The smallest absolute Gasteiger partial charge is 0.214 e. The highest BCUT2D eigenvalue weighted by molar-refractivity contribution is 5.56. The molecule has 1 heterocycles. The number of benzene rings is 1. The van der Waals surface area contributed by atoms with Crippen LogP contribution in [0.25, 0.3) is 0 Å². The molecule has 0 aliphatic heterocycles. The van der Waals surface area contributed by atoms with Gasteiger partial charge in [-0.15, -0.1) is 0 Å². The summed E-state index contributed by atoms with van der Waals surface area (Å²) in [6, 6.07) is 6.99. The lowest BCUT2D eigenvalue weighted by atomic mass is 10.3. The summed E-state index contributed by atoms with van der Waals surface area (Å²) in [5, 5.41) is 2.49. The Morgan fingerprint density at radius 3 is 2.56 bits per heavy atom. The molecule has 2 nitrogen and oxygen atoms in total. The third kappa shape index (κ3) is 2.31. The maximum atomic E-state index is 13.2. The summed E-state index contributed by atoms with van der Waals surface area (Å²) < 4.78 is 38.8. The molecular formula is C11H7F3N2. The van der Waals surface area contributed by atoms with Gasteiger partial charge in [-0.25, -0.2) is 13.8 Å². The summed E-state index contributed by atoms with van der Waals surface area (Å²) in [4.78, 5) is 3.47. The van der Waals surface area contributed by atoms with Crippen molar-refractivity contribution in [2.75, 3.05) is 5.32 Å². The number of anilines is 2. The largest absolute Gasteiger partial charge is 0.338 e. The van der Waals surface area contributed by atoms with E-state index in [4.69, 9.17) is 0 Å². The van der Waals surface area contributed by atoms with Gasteiger partial charge in [-0.2, -0.15) is 4.39 Å². The zero-order valence-electron chi connectivity index (χ0n) is 8.05. The van der Waals surface area contributed by atoms with Crippen molar-refractivity contribution in [3.8, 4) is 0 Å². The van der Waals surface area contributed by atoms with Crippen molar-refractivity contribution in [3.05, 3.63) is 54.0 Å². The van der Waals surface area contributed by atoms with Crippen LogP contribution in [-0.2, 0) is 0 Å². The van der Waals surface area contributed by atoms with E-state index in [1.807, 2.05) is 0 Å². The van der Waals surface area contributed by atoms with E-state index in [-0.39, 0.29) is 11.5 Å². The molecule has 0 amide bonds. The van der Waals surface area contributed by atoms with Crippen molar-refractivity contribution in [3.63, 3.8) is 0 Å². The fourth-order valence-corrected chi connectivity index (χ4v) is 1.21. The van der Waals surface area contributed by atoms with Crippen molar-refractivity contribution in [1.29, 1.82) is 0 Å². The monoisotopic (exact) mass is 224 g/mol. The zero-order chi connectivity index (χ0) is 11.5. The van der Waals surface area contributed by atoms with Gasteiger partial charge in [0.25, 0.3) is 0 Å². The van der Waals surface area contributed by atoms with Crippen molar-refractivity contribution in [2.45, 2.75) is 0 Å². The van der Waals surface area contributed by atoms with Crippen LogP contribution in [0, 0.1) is 17.6 Å². The van der Waals surface area contributed by atoms with Crippen molar-refractivity contribution >= 4 is 11.5 Å². The average Bonchev–Trinajstić information content (AvgIpc) is 2.24. The molecule has 1 N–H and O–H groups in total. The molecule has 0 bridgehead atoms. The lowest BCUT2D eigenvalue weighted by molar-refractivity contribution is 0.585. The molecule has 2 aromatic rings. The normalized spacial score (nSPS) is 10.2. The highest BCUT2D eigenvalue weighted by atomic mass is 19.1. The second-order valence-electron chi connectivity index (χ2n) is 3.09. The molecule has 0 radical (unpaired) electrons. The summed E-state index contributed by atoms with van der Waals surface area (Å²) in [5.74, 6) is -1.79. The standard InChI is InChI=1S/C11H7F3N2/c12-7-4-5-8(13)9(6-7)15-11-3-1-2-10(14)16-11/h1-6H,(H,15,16). The van der Waals surface area contributed by atoms with Crippen LogP contribution < -0.4 is 5.32 Å². The molecule has 0 saturated heterocycles. The van der Waals surface area contributed by atoms with Gasteiger partial charge >= 0.3 is 0 Å². The molecule has 1 aromatic heterocycles. The maximum Gasteiger partial charge on any atom is 0.214 e. The van der Waals surface area contributed by atoms with E-state index in [1.165, 1.54) is 12.1 Å². The van der Waals surface area contributed by atoms with Gasteiger partial charge in [0.1, 0.15) is 17.5 Å². The Hall–Kier alpha value is -2.04. The summed E-state index contributed by atoms with van der Waals surface area (Å²) in [7, 11) is 0. The molecular weight excluding hydrogens is 217 g/mol. The number of nitrogens with zero attached hydrogens (tertiary/aromatic N) is 1. The first-order valence-corrected chi connectivity index (χ1v) is 4.50. The first kappa shape index (κ1) is 10.5. The van der Waals surface area contributed by atoms with Gasteiger partial charge < -0.3 is 5.32 Å². The Labute approximate surface area is 89.8 Å². The van der Waals surface area contributed by atoms with E-state index in [9.17, 15) is 13.2 Å². The van der Waals surface area contributed by atoms with Crippen molar-refractivity contribution < 1.29 is 13.2 Å². The molecule has 1 aromatic carbocycles. The third-order valence-corrected chi connectivity index (χ3v) is 1.91. The summed E-state index contributed by atoms with van der Waals surface area (Å²) in [6.45, 7) is 0. The number of halogens is 3. The number of aromatic nitrogens is 1. The summed E-state index contributed by atoms with van der Waals surface area (Å²) >= 11 is 0. The van der Waals surface area contributed by atoms with Crippen LogP contribution in [0.3, 0.4) is 0 Å². The Morgan fingerprint density at radius 2 is 1.81 bits per heavy atom. The lowest BCUT2D eigenvalue weighted by Gasteiger charge is -2.06. The Kier molecular flexibility index (Phi) is 2.76. The first-order chi connectivity index (χ1) is 7.65. The zero-order valence-corrected chi connectivity index (χ0v) is 8.05. The maximum absolute atomic E-state index is 13.2. The minimum Gasteiger partial charge on any atom is -0.338 e. The lowest BCUT2D eigenvalue weighted by Crippen LogP contribution is -1.97. The fraction of sp³-hybridized carbons (Fsp3) is 0. The molecule has 0 aliphatic rings. The van der Waals surface area contributed by atoms with E-state index in [0.29, 0.717) is 0 Å². The second-order valence-corrected chi connectivity index (χ2v) is 3.09. The van der Waals surface area contributed by atoms with E-state index in [2.05, 4.69) is 10.3 Å². The van der Waals surface area contributed by atoms with Crippen LogP contribution >= 0.6 is 0 Å². The van der Waals surface area contributed by atoms with Gasteiger partial charge in [0, 0.05) is 6.07 Å². The molecule has 0 saturated carbocycles. The fourth-order valence-electron chi connectivity index (χ4n) is 1.21. The quantitative estimate of drug-likeness (QED) is 0.792. The molecule has 16 heavy (non-hydrogen) atoms. The SMILES string of the molecule is Fc1ccc(F)c(Nc2cccc(F)n2)c1. The van der Waals surface area contributed by atoms with Crippen LogP contribution in [0.15, 0.2) is 36.4 Å². The van der Waals surface area contributed by atoms with Crippen LogP contribution in [0.4, 0.5) is 24.7 Å². The second kappa shape index (κ2) is 4.22. The van der Waals surface area contributed by atoms with E-state index < -0.39 is 17.6 Å². The number of hydrogen-bond acceptors (Lipinski definition) is 2. The third-order valence-electron chi connectivity index (χ3n) is 1.91. The van der Waals surface area contributed by atoms with E-state index in [0.717, 1.165) is 24.3 Å². The highest BCUT2D eigenvalue weighted by Crippen LogP contribution is 2.19. The van der Waals surface area contributed by atoms with E-state index >= 15 is 0 Å². The van der Waals surface area contributed by atoms with Crippen LogP contribution in [-0.4, -0.2) is 4.98 Å². The van der Waals surface area contributed by atoms with Gasteiger partial charge in [-0.3, -0.25) is 0 Å². The molecule has 2 rings (SSSR count). The average molecular weight is 224 g/mol. The predicted molar refractivity (Wildman–Crippen MR) is 53.8 cm³/mol. The number of rotatable bonds is 2. The van der Waals surface area contributed by atoms with Gasteiger partial charge in [0.05, 0.1) is 5.69 Å². The van der Waals surface area contributed by atoms with Crippen LogP contribution in [0.2, 0.25) is 0 Å². The van der Waals surface area contributed by atoms with Crippen molar-refractivity contribution in [1.82, 2.24) is 4.98 Å². The summed E-state index contributed by atoms with van der Waals surface area (Å²) in [6.07, 6.45) is 0. The van der Waals surface area contributed by atoms with Crippen LogP contribution in [0.5, 0.6) is 0 Å². The number of hydrogen-bond donors (Lipinski definition) is 1. The number of nitrogens with one attached hydrogen (secondary N) is 1. The molecule has 0 spiro atoms. The topological polar surface area (TPSA) is 24.9 Å².